The molecule has 0 aliphatic carbocycles. The fourth-order valence-corrected chi connectivity index (χ4v) is 3.10. The number of carbonyl (C=O) groups excluding carboxylic acids is 2. The quantitative estimate of drug-likeness (QED) is 0.675. The molecule has 1 aliphatic rings. The lowest BCUT2D eigenvalue weighted by Crippen LogP contribution is -3.15. The third kappa shape index (κ3) is 7.03. The van der Waals surface area contributed by atoms with E-state index in [2.05, 4.69) is 38.2 Å². The van der Waals surface area contributed by atoms with E-state index in [0.717, 1.165) is 18.8 Å². The van der Waals surface area contributed by atoms with Crippen molar-refractivity contribution in [2.45, 2.75) is 33.1 Å². The summed E-state index contributed by atoms with van der Waals surface area (Å²) in [6.45, 7) is 12.8. The molecule has 0 spiro atoms. The molecule has 1 fully saturated rings. The number of piperazine rings is 1. The van der Waals surface area contributed by atoms with Crippen LogP contribution in [0.2, 0.25) is 0 Å². The summed E-state index contributed by atoms with van der Waals surface area (Å²) in [5.74, 6) is 0.814. The van der Waals surface area contributed by atoms with Crippen molar-refractivity contribution in [3.8, 4) is 5.75 Å². The molecular formula is C21H34N3O4+. The maximum absolute atomic E-state index is 12.1. The van der Waals surface area contributed by atoms with Crippen LogP contribution in [0, 0.1) is 0 Å². The fraction of sp³-hybridized carbons (Fsp3) is 0.619. The van der Waals surface area contributed by atoms with E-state index >= 15 is 0 Å². The highest BCUT2D eigenvalue weighted by molar-refractivity contribution is 5.76. The first kappa shape index (κ1) is 22.0. The molecule has 1 aromatic rings. The van der Waals surface area contributed by atoms with Crippen LogP contribution in [0.3, 0.4) is 0 Å². The Morgan fingerprint density at radius 2 is 1.79 bits per heavy atom. The van der Waals surface area contributed by atoms with Crippen LogP contribution in [-0.2, 0) is 14.9 Å². The van der Waals surface area contributed by atoms with Crippen LogP contribution < -0.4 is 15.0 Å². The van der Waals surface area contributed by atoms with Gasteiger partial charge in [-0.1, -0.05) is 32.9 Å². The third-order valence-electron chi connectivity index (χ3n) is 4.82. The van der Waals surface area contributed by atoms with Gasteiger partial charge in [-0.3, -0.25) is 9.69 Å². The second-order valence-corrected chi connectivity index (χ2v) is 8.09. The summed E-state index contributed by atoms with van der Waals surface area (Å²) in [6, 6.07) is 8.09. The Balaban J connectivity index is 1.61. The molecule has 1 saturated heterocycles. The van der Waals surface area contributed by atoms with Crippen molar-refractivity contribution in [2.75, 3.05) is 52.5 Å². The predicted molar refractivity (Wildman–Crippen MR) is 108 cm³/mol. The number of hydrogen-bond acceptors (Lipinski definition) is 4. The maximum Gasteiger partial charge on any atom is 0.410 e. The highest BCUT2D eigenvalue weighted by Gasteiger charge is 2.25. The predicted octanol–water partition coefficient (Wildman–Crippen LogP) is 0.836. The Hall–Kier alpha value is -2.28. The topological polar surface area (TPSA) is 72.3 Å². The number of quaternary nitrogens is 1. The number of nitrogens with one attached hydrogen (secondary N) is 2. The van der Waals surface area contributed by atoms with Gasteiger partial charge in [0.25, 0.3) is 5.91 Å². The van der Waals surface area contributed by atoms with Crippen LogP contribution in [0.15, 0.2) is 24.3 Å². The van der Waals surface area contributed by atoms with Gasteiger partial charge in [0.2, 0.25) is 0 Å². The smallest absolute Gasteiger partial charge is 0.410 e. The summed E-state index contributed by atoms with van der Waals surface area (Å²) in [7, 11) is 0. The molecule has 0 saturated carbocycles. The molecule has 28 heavy (non-hydrogen) atoms. The molecule has 0 radical (unpaired) electrons. The Labute approximate surface area is 168 Å². The monoisotopic (exact) mass is 392 g/mol. The van der Waals surface area contributed by atoms with Crippen molar-refractivity contribution in [1.29, 1.82) is 0 Å². The largest absolute Gasteiger partial charge is 0.492 e. The van der Waals surface area contributed by atoms with Crippen LogP contribution in [0.25, 0.3) is 0 Å². The molecule has 7 nitrogen and oxygen atoms in total. The minimum atomic E-state index is -0.265. The molecule has 2 amide bonds. The number of carbonyl (C=O) groups is 2. The molecule has 1 aliphatic heterocycles. The average Bonchev–Trinajstić information content (AvgIpc) is 2.66. The minimum Gasteiger partial charge on any atom is -0.492 e. The molecule has 0 atom stereocenters. The summed E-state index contributed by atoms with van der Waals surface area (Å²) in [5.41, 5.74) is 1.38. The van der Waals surface area contributed by atoms with Crippen LogP contribution in [0.1, 0.15) is 33.3 Å². The molecule has 2 N–H and O–H groups in total. The van der Waals surface area contributed by atoms with Crippen LogP contribution in [0.4, 0.5) is 4.79 Å². The van der Waals surface area contributed by atoms with Gasteiger partial charge in [-0.2, -0.15) is 0 Å². The summed E-state index contributed by atoms with van der Waals surface area (Å²) in [5, 5.41) is 2.90. The first-order valence-corrected chi connectivity index (χ1v) is 10.0. The van der Waals surface area contributed by atoms with E-state index in [1.165, 1.54) is 10.5 Å². The number of benzene rings is 1. The van der Waals surface area contributed by atoms with Gasteiger partial charge in [0.1, 0.15) is 12.4 Å². The second-order valence-electron chi connectivity index (χ2n) is 8.09. The van der Waals surface area contributed by atoms with E-state index in [1.807, 2.05) is 12.1 Å². The molecule has 0 unspecified atom stereocenters. The SMILES string of the molecule is CCOC(=O)N1CC[NH+](CC(=O)NCCOc2ccc(C(C)(C)C)cc2)CC1. The first-order chi connectivity index (χ1) is 13.3. The van der Waals surface area contributed by atoms with Gasteiger partial charge in [-0.15, -0.1) is 0 Å². The zero-order valence-electron chi connectivity index (χ0n) is 17.5. The second kappa shape index (κ2) is 10.3. The van der Waals surface area contributed by atoms with Crippen LogP contribution >= 0.6 is 0 Å². The Kier molecular flexibility index (Phi) is 8.11. The number of rotatable bonds is 7. The number of ether oxygens (including phenoxy) is 2. The van der Waals surface area contributed by atoms with Gasteiger partial charge in [0.05, 0.1) is 39.3 Å². The molecule has 7 heteroatoms. The van der Waals surface area contributed by atoms with Crippen molar-refractivity contribution in [3.63, 3.8) is 0 Å². The summed E-state index contributed by atoms with van der Waals surface area (Å²) >= 11 is 0. The fourth-order valence-electron chi connectivity index (χ4n) is 3.10. The summed E-state index contributed by atoms with van der Waals surface area (Å²) in [6.07, 6.45) is -0.265. The highest BCUT2D eigenvalue weighted by Crippen LogP contribution is 2.24. The molecular weight excluding hydrogens is 358 g/mol. The van der Waals surface area contributed by atoms with E-state index in [1.54, 1.807) is 11.8 Å². The van der Waals surface area contributed by atoms with E-state index in [-0.39, 0.29) is 17.4 Å². The maximum atomic E-state index is 12.1. The molecule has 2 rings (SSSR count). The van der Waals surface area contributed by atoms with Crippen LogP contribution in [0.5, 0.6) is 5.75 Å². The third-order valence-corrected chi connectivity index (χ3v) is 4.82. The molecule has 1 heterocycles. The number of nitrogens with zero attached hydrogens (tertiary/aromatic N) is 1. The summed E-state index contributed by atoms with van der Waals surface area (Å²) in [4.78, 5) is 26.7. The lowest BCUT2D eigenvalue weighted by Gasteiger charge is -2.31. The van der Waals surface area contributed by atoms with Gasteiger partial charge in [0.15, 0.2) is 6.54 Å². The van der Waals surface area contributed by atoms with Gasteiger partial charge in [0, 0.05) is 0 Å². The lowest BCUT2D eigenvalue weighted by molar-refractivity contribution is -0.896. The Morgan fingerprint density at radius 1 is 1.14 bits per heavy atom. The molecule has 0 bridgehead atoms. The molecule has 156 valence electrons. The van der Waals surface area contributed by atoms with Crippen molar-refractivity contribution < 1.29 is 24.0 Å². The summed E-state index contributed by atoms with van der Waals surface area (Å²) < 4.78 is 10.7. The lowest BCUT2D eigenvalue weighted by atomic mass is 9.87. The standard InChI is InChI=1S/C21H33N3O4/c1-5-27-20(26)24-13-11-23(12-14-24)16-19(25)22-10-15-28-18-8-6-17(7-9-18)21(2,3)4/h6-9H,5,10-16H2,1-4H3,(H,22,25)/p+1. The average molecular weight is 393 g/mol. The van der Waals surface area contributed by atoms with E-state index in [0.29, 0.717) is 39.4 Å². The molecule has 1 aromatic carbocycles. The van der Waals surface area contributed by atoms with E-state index in [9.17, 15) is 9.59 Å². The minimum absolute atomic E-state index is 0.00580. The number of amides is 2. The van der Waals surface area contributed by atoms with Gasteiger partial charge in [-0.05, 0) is 30.0 Å². The van der Waals surface area contributed by atoms with Crippen molar-refractivity contribution in [1.82, 2.24) is 10.2 Å². The first-order valence-electron chi connectivity index (χ1n) is 10.0. The zero-order chi connectivity index (χ0) is 20.6. The zero-order valence-corrected chi connectivity index (χ0v) is 17.5. The van der Waals surface area contributed by atoms with Crippen molar-refractivity contribution >= 4 is 12.0 Å². The van der Waals surface area contributed by atoms with Gasteiger partial charge in [-0.25, -0.2) is 4.79 Å². The Morgan fingerprint density at radius 3 is 2.36 bits per heavy atom. The normalized spacial score (nSPS) is 15.2. The molecule has 0 aromatic heterocycles. The van der Waals surface area contributed by atoms with Crippen molar-refractivity contribution in [3.05, 3.63) is 29.8 Å². The van der Waals surface area contributed by atoms with Crippen LogP contribution in [-0.4, -0.2) is 69.4 Å². The van der Waals surface area contributed by atoms with Gasteiger partial charge < -0.3 is 19.7 Å². The highest BCUT2D eigenvalue weighted by atomic mass is 16.6. The van der Waals surface area contributed by atoms with Crippen molar-refractivity contribution in [2.24, 2.45) is 0 Å². The van der Waals surface area contributed by atoms with Gasteiger partial charge >= 0.3 is 6.09 Å². The van der Waals surface area contributed by atoms with E-state index < -0.39 is 0 Å². The van der Waals surface area contributed by atoms with E-state index in [4.69, 9.17) is 9.47 Å². The number of hydrogen-bond donors (Lipinski definition) is 2. The Bertz CT molecular complexity index is 632.